The molecule has 1 aromatic rings. The van der Waals surface area contributed by atoms with E-state index in [1.807, 2.05) is 13.8 Å². The lowest BCUT2D eigenvalue weighted by atomic mass is 10.1. The second kappa shape index (κ2) is 4.94. The molecule has 4 heteroatoms. The number of halogens is 2. The van der Waals surface area contributed by atoms with Gasteiger partial charge in [0.25, 0.3) is 0 Å². The fourth-order valence-electron chi connectivity index (χ4n) is 1.08. The quantitative estimate of drug-likeness (QED) is 0.862. The number of nitrogens with two attached hydrogens (primary N) is 1. The molecule has 0 aliphatic carbocycles. The Hall–Kier alpha value is -0.610. The molecule has 0 fully saturated rings. The van der Waals surface area contributed by atoms with Gasteiger partial charge in [0.15, 0.2) is 0 Å². The number of benzene rings is 1. The van der Waals surface area contributed by atoms with Crippen LogP contribution in [0.4, 0.5) is 8.78 Å². The van der Waals surface area contributed by atoms with Gasteiger partial charge in [-0.05, 0) is 32.0 Å². The van der Waals surface area contributed by atoms with E-state index >= 15 is 0 Å². The van der Waals surface area contributed by atoms with Crippen LogP contribution in [0.2, 0.25) is 0 Å². The molecule has 0 spiro atoms. The minimum atomic E-state index is -0.404. The van der Waals surface area contributed by atoms with E-state index in [0.29, 0.717) is 17.1 Å². The van der Waals surface area contributed by atoms with E-state index in [2.05, 4.69) is 0 Å². The summed E-state index contributed by atoms with van der Waals surface area (Å²) in [6, 6.07) is 3.50. The minimum Gasteiger partial charge on any atom is -0.325 e. The smallest absolute Gasteiger partial charge is 0.127 e. The van der Waals surface area contributed by atoms with E-state index < -0.39 is 5.82 Å². The van der Waals surface area contributed by atoms with Gasteiger partial charge in [0.05, 0.1) is 0 Å². The predicted octanol–water partition coefficient (Wildman–Crippen LogP) is 2.94. The molecule has 15 heavy (non-hydrogen) atoms. The molecule has 0 heterocycles. The summed E-state index contributed by atoms with van der Waals surface area (Å²) in [6.07, 6.45) is 0. The van der Waals surface area contributed by atoms with Crippen molar-refractivity contribution < 1.29 is 8.78 Å². The van der Waals surface area contributed by atoms with Crippen LogP contribution in [0.1, 0.15) is 19.4 Å². The average Bonchev–Trinajstić information content (AvgIpc) is 2.09. The molecule has 0 aliphatic rings. The Bertz CT molecular complexity index is 334. The van der Waals surface area contributed by atoms with Gasteiger partial charge in [-0.15, -0.1) is 0 Å². The molecule has 0 unspecified atom stereocenters. The standard InChI is InChI=1S/C11H15F2NS/c1-11(2,14)7-15-6-8-5-9(12)3-4-10(8)13/h3-5H,6-7,14H2,1-2H3. The lowest BCUT2D eigenvalue weighted by molar-refractivity contribution is 0.587. The molecule has 0 atom stereocenters. The van der Waals surface area contributed by atoms with Gasteiger partial charge in [0.1, 0.15) is 11.6 Å². The Labute approximate surface area is 93.1 Å². The number of rotatable bonds is 4. The SMILES string of the molecule is CC(C)(N)CSCc1cc(F)ccc1F. The summed E-state index contributed by atoms with van der Waals surface area (Å²) in [7, 11) is 0. The van der Waals surface area contributed by atoms with Crippen LogP contribution >= 0.6 is 11.8 Å². The van der Waals surface area contributed by atoms with Crippen LogP contribution in [0.3, 0.4) is 0 Å². The number of hydrogen-bond acceptors (Lipinski definition) is 2. The van der Waals surface area contributed by atoms with E-state index in [9.17, 15) is 8.78 Å². The molecular formula is C11H15F2NS. The van der Waals surface area contributed by atoms with Crippen molar-refractivity contribution in [2.75, 3.05) is 5.75 Å². The molecule has 1 aromatic carbocycles. The van der Waals surface area contributed by atoms with Crippen molar-refractivity contribution in [3.63, 3.8) is 0 Å². The molecule has 84 valence electrons. The molecule has 0 aromatic heterocycles. The first-order valence-corrected chi connectivity index (χ1v) is 5.84. The number of hydrogen-bond donors (Lipinski definition) is 1. The largest absolute Gasteiger partial charge is 0.325 e. The maximum absolute atomic E-state index is 13.2. The molecular weight excluding hydrogens is 216 g/mol. The van der Waals surface area contributed by atoms with Crippen LogP contribution < -0.4 is 5.73 Å². The zero-order valence-corrected chi connectivity index (χ0v) is 9.70. The first-order valence-electron chi connectivity index (χ1n) is 4.69. The van der Waals surface area contributed by atoms with Crippen LogP contribution in [-0.2, 0) is 5.75 Å². The van der Waals surface area contributed by atoms with Crippen LogP contribution in [0.5, 0.6) is 0 Å². The van der Waals surface area contributed by atoms with E-state index in [0.717, 1.165) is 12.1 Å². The Morgan fingerprint density at radius 2 is 2.00 bits per heavy atom. The van der Waals surface area contributed by atoms with Gasteiger partial charge >= 0.3 is 0 Å². The van der Waals surface area contributed by atoms with Crippen LogP contribution in [0.25, 0.3) is 0 Å². The zero-order valence-electron chi connectivity index (χ0n) is 8.89. The molecule has 0 saturated heterocycles. The van der Waals surface area contributed by atoms with Crippen LogP contribution in [0.15, 0.2) is 18.2 Å². The fraction of sp³-hybridized carbons (Fsp3) is 0.455. The van der Waals surface area contributed by atoms with Crippen LogP contribution in [-0.4, -0.2) is 11.3 Å². The summed E-state index contributed by atoms with van der Waals surface area (Å²) in [5.74, 6) is 0.394. The summed E-state index contributed by atoms with van der Waals surface area (Å²) in [6.45, 7) is 3.81. The lowest BCUT2D eigenvalue weighted by Gasteiger charge is -2.17. The molecule has 0 bridgehead atoms. The third kappa shape index (κ3) is 4.62. The van der Waals surface area contributed by atoms with Crippen molar-refractivity contribution >= 4 is 11.8 Å². The highest BCUT2D eigenvalue weighted by atomic mass is 32.2. The molecule has 0 aliphatic heterocycles. The van der Waals surface area contributed by atoms with E-state index in [1.54, 1.807) is 0 Å². The topological polar surface area (TPSA) is 26.0 Å². The lowest BCUT2D eigenvalue weighted by Crippen LogP contribution is -2.34. The van der Waals surface area contributed by atoms with Gasteiger partial charge in [-0.1, -0.05) is 0 Å². The second-order valence-corrected chi connectivity index (χ2v) is 5.20. The van der Waals surface area contributed by atoms with Gasteiger partial charge in [-0.3, -0.25) is 0 Å². The Morgan fingerprint density at radius 3 is 2.60 bits per heavy atom. The maximum Gasteiger partial charge on any atom is 0.127 e. The summed E-state index contributed by atoms with van der Waals surface area (Å²) in [5, 5.41) is 0. The number of thioether (sulfide) groups is 1. The van der Waals surface area contributed by atoms with Crippen molar-refractivity contribution in [1.82, 2.24) is 0 Å². The van der Waals surface area contributed by atoms with Crippen LogP contribution in [0, 0.1) is 11.6 Å². The molecule has 0 radical (unpaired) electrons. The summed E-state index contributed by atoms with van der Waals surface area (Å²) in [4.78, 5) is 0. The van der Waals surface area contributed by atoms with Crippen molar-refractivity contribution in [3.8, 4) is 0 Å². The van der Waals surface area contributed by atoms with Gasteiger partial charge in [0.2, 0.25) is 0 Å². The average molecular weight is 231 g/mol. The van der Waals surface area contributed by atoms with Gasteiger partial charge < -0.3 is 5.73 Å². The minimum absolute atomic E-state index is 0.283. The van der Waals surface area contributed by atoms with Gasteiger partial charge in [-0.2, -0.15) is 11.8 Å². The van der Waals surface area contributed by atoms with Gasteiger partial charge in [-0.25, -0.2) is 8.78 Å². The first kappa shape index (κ1) is 12.5. The summed E-state index contributed by atoms with van der Waals surface area (Å²) in [5.41, 5.74) is 5.89. The Morgan fingerprint density at radius 1 is 1.33 bits per heavy atom. The van der Waals surface area contributed by atoms with Crippen molar-refractivity contribution in [3.05, 3.63) is 35.4 Å². The van der Waals surface area contributed by atoms with E-state index in [1.165, 1.54) is 17.8 Å². The van der Waals surface area contributed by atoms with Crippen molar-refractivity contribution in [2.45, 2.75) is 25.1 Å². The summed E-state index contributed by atoms with van der Waals surface area (Å²) >= 11 is 1.50. The molecule has 0 amide bonds. The Kier molecular flexibility index (Phi) is 4.11. The zero-order chi connectivity index (χ0) is 11.5. The van der Waals surface area contributed by atoms with Crippen molar-refractivity contribution in [1.29, 1.82) is 0 Å². The second-order valence-electron chi connectivity index (χ2n) is 4.22. The maximum atomic E-state index is 13.2. The fourth-order valence-corrected chi connectivity index (χ4v) is 2.15. The molecule has 1 nitrogen and oxygen atoms in total. The first-order chi connectivity index (χ1) is 6.88. The van der Waals surface area contributed by atoms with E-state index in [-0.39, 0.29) is 11.4 Å². The highest BCUT2D eigenvalue weighted by Gasteiger charge is 2.11. The monoisotopic (exact) mass is 231 g/mol. The normalized spacial score (nSPS) is 11.8. The van der Waals surface area contributed by atoms with Gasteiger partial charge in [0, 0.05) is 22.6 Å². The van der Waals surface area contributed by atoms with Crippen molar-refractivity contribution in [2.24, 2.45) is 5.73 Å². The van der Waals surface area contributed by atoms with E-state index in [4.69, 9.17) is 5.73 Å². The highest BCUT2D eigenvalue weighted by Crippen LogP contribution is 2.19. The molecule has 0 saturated carbocycles. The predicted molar refractivity (Wildman–Crippen MR) is 60.8 cm³/mol. The molecule has 2 N–H and O–H groups in total. The highest BCUT2D eigenvalue weighted by molar-refractivity contribution is 7.98. The third-order valence-electron chi connectivity index (χ3n) is 1.74. The molecule has 1 rings (SSSR count). The Balaban J connectivity index is 2.54. The third-order valence-corrected chi connectivity index (χ3v) is 3.20. The summed E-state index contributed by atoms with van der Waals surface area (Å²) < 4.78 is 26.0.